The van der Waals surface area contributed by atoms with E-state index in [9.17, 15) is 22.8 Å². The van der Waals surface area contributed by atoms with Gasteiger partial charge in [0, 0.05) is 7.05 Å². The van der Waals surface area contributed by atoms with Crippen molar-refractivity contribution in [2.45, 2.75) is 17.9 Å². The van der Waals surface area contributed by atoms with Crippen LogP contribution in [0.4, 0.5) is 4.79 Å². The summed E-state index contributed by atoms with van der Waals surface area (Å²) in [6, 6.07) is 11.9. The van der Waals surface area contributed by atoms with Crippen LogP contribution in [-0.4, -0.2) is 57.5 Å². The Labute approximate surface area is 162 Å². The number of hydrogen-bond donors (Lipinski definition) is 1. The Bertz CT molecular complexity index is 1000. The highest BCUT2D eigenvalue weighted by Crippen LogP contribution is 2.21. The summed E-state index contributed by atoms with van der Waals surface area (Å²) < 4.78 is 35.3. The molecule has 0 spiro atoms. The summed E-state index contributed by atoms with van der Waals surface area (Å²) in [7, 11) is -1.64. The van der Waals surface area contributed by atoms with Gasteiger partial charge in [-0.1, -0.05) is 30.3 Å². The van der Waals surface area contributed by atoms with Crippen LogP contribution in [-0.2, 0) is 29.1 Å². The van der Waals surface area contributed by atoms with Gasteiger partial charge in [-0.2, -0.15) is 4.31 Å². The summed E-state index contributed by atoms with van der Waals surface area (Å²) in [5.41, 5.74) is 0. The van der Waals surface area contributed by atoms with E-state index in [1.54, 1.807) is 18.2 Å². The average Bonchev–Trinajstić information content (AvgIpc) is 2.66. The van der Waals surface area contributed by atoms with E-state index in [-0.39, 0.29) is 4.90 Å². The third-order valence-electron chi connectivity index (χ3n) is 3.87. The van der Waals surface area contributed by atoms with Gasteiger partial charge in [0.2, 0.25) is 10.0 Å². The molecule has 0 aromatic heterocycles. The second-order valence-electron chi connectivity index (χ2n) is 5.88. The highest BCUT2D eigenvalue weighted by atomic mass is 32.2. The molecule has 0 fully saturated rings. The molecule has 28 heavy (non-hydrogen) atoms. The summed E-state index contributed by atoms with van der Waals surface area (Å²) in [5, 5.41) is 3.48. The van der Waals surface area contributed by atoms with Crippen LogP contribution in [0, 0.1) is 0 Å². The van der Waals surface area contributed by atoms with Gasteiger partial charge in [0.15, 0.2) is 6.10 Å². The Balaban J connectivity index is 2.05. The number of ether oxygens (including phenoxy) is 2. The second kappa shape index (κ2) is 8.81. The molecule has 0 aliphatic rings. The summed E-state index contributed by atoms with van der Waals surface area (Å²) >= 11 is 0. The number of carbonyl (C=O) groups is 3. The van der Waals surface area contributed by atoms with E-state index in [1.165, 1.54) is 26.1 Å². The first-order valence-corrected chi connectivity index (χ1v) is 9.62. The molecule has 1 N–H and O–H groups in total. The summed E-state index contributed by atoms with van der Waals surface area (Å²) in [5.74, 6) is -1.83. The number of fused-ring (bicyclic) bond motifs is 1. The van der Waals surface area contributed by atoms with E-state index in [0.29, 0.717) is 0 Å². The van der Waals surface area contributed by atoms with Crippen LogP contribution in [0.1, 0.15) is 6.92 Å². The second-order valence-corrected chi connectivity index (χ2v) is 7.93. The van der Waals surface area contributed by atoms with Crippen molar-refractivity contribution >= 4 is 38.8 Å². The van der Waals surface area contributed by atoms with E-state index < -0.39 is 40.6 Å². The Morgan fingerprint density at radius 1 is 1.11 bits per heavy atom. The fraction of sp³-hybridized carbons (Fsp3) is 0.278. The third kappa shape index (κ3) is 5.05. The van der Waals surface area contributed by atoms with E-state index in [0.717, 1.165) is 22.2 Å². The van der Waals surface area contributed by atoms with Crippen molar-refractivity contribution in [3.63, 3.8) is 0 Å². The Hall–Kier alpha value is -2.98. The predicted octanol–water partition coefficient (Wildman–Crippen LogP) is 1.27. The number of hydrogen-bond acceptors (Lipinski definition) is 7. The van der Waals surface area contributed by atoms with Crippen molar-refractivity contribution in [3.8, 4) is 0 Å². The van der Waals surface area contributed by atoms with E-state index in [1.807, 2.05) is 17.4 Å². The summed E-state index contributed by atoms with van der Waals surface area (Å²) in [4.78, 5) is 34.7. The maximum Gasteiger partial charge on any atom is 0.413 e. The van der Waals surface area contributed by atoms with Gasteiger partial charge in [-0.25, -0.2) is 13.2 Å². The fourth-order valence-electron chi connectivity index (χ4n) is 2.32. The molecule has 1 atom stereocenters. The molecule has 0 unspecified atom stereocenters. The molecule has 2 aromatic rings. The Kier molecular flexibility index (Phi) is 6.71. The number of alkyl carbamates (subject to hydrolysis) is 1. The number of methoxy groups -OCH3 is 1. The Morgan fingerprint density at radius 3 is 2.39 bits per heavy atom. The quantitative estimate of drug-likeness (QED) is 0.715. The van der Waals surface area contributed by atoms with Crippen LogP contribution in [0.25, 0.3) is 10.8 Å². The zero-order chi connectivity index (χ0) is 20.9. The van der Waals surface area contributed by atoms with Crippen LogP contribution < -0.4 is 5.32 Å². The van der Waals surface area contributed by atoms with Crippen molar-refractivity contribution in [2.24, 2.45) is 0 Å². The lowest BCUT2D eigenvalue weighted by Gasteiger charge is -2.18. The SMILES string of the molecule is COC(=O)NC(=O)[C@@H](C)OC(=O)CN(C)S(=O)(=O)c1ccc2ccccc2c1. The van der Waals surface area contributed by atoms with Crippen molar-refractivity contribution in [3.05, 3.63) is 42.5 Å². The first-order chi connectivity index (χ1) is 13.1. The van der Waals surface area contributed by atoms with Gasteiger partial charge < -0.3 is 9.47 Å². The lowest BCUT2D eigenvalue weighted by atomic mass is 10.1. The number of amides is 2. The molecular formula is C18H20N2O7S. The molecule has 2 amide bonds. The van der Waals surface area contributed by atoms with Crippen molar-refractivity contribution < 1.29 is 32.3 Å². The minimum absolute atomic E-state index is 0.0259. The average molecular weight is 408 g/mol. The zero-order valence-corrected chi connectivity index (χ0v) is 16.4. The third-order valence-corrected chi connectivity index (χ3v) is 5.67. The standard InChI is InChI=1S/C18H20N2O7S/c1-12(17(22)19-18(23)26-3)27-16(21)11-20(2)28(24,25)15-9-8-13-6-4-5-7-14(13)10-15/h4-10,12H,11H2,1-3H3,(H,19,22,23)/t12-/m1/s1. The molecule has 0 aliphatic carbocycles. The van der Waals surface area contributed by atoms with E-state index in [2.05, 4.69) is 4.74 Å². The Morgan fingerprint density at radius 2 is 1.75 bits per heavy atom. The molecule has 0 saturated carbocycles. The van der Waals surface area contributed by atoms with Gasteiger partial charge in [0.05, 0.1) is 12.0 Å². The van der Waals surface area contributed by atoms with Crippen molar-refractivity contribution in [2.75, 3.05) is 20.7 Å². The molecule has 0 heterocycles. The van der Waals surface area contributed by atoms with Crippen LogP contribution in [0.3, 0.4) is 0 Å². The molecular weight excluding hydrogens is 388 g/mol. The number of carbonyl (C=O) groups excluding carboxylic acids is 3. The van der Waals surface area contributed by atoms with Gasteiger partial charge in [-0.3, -0.25) is 14.9 Å². The minimum atomic E-state index is -3.95. The van der Waals surface area contributed by atoms with E-state index >= 15 is 0 Å². The number of rotatable bonds is 6. The fourth-order valence-corrected chi connectivity index (χ4v) is 3.47. The summed E-state index contributed by atoms with van der Waals surface area (Å²) in [6.07, 6.45) is -2.30. The molecule has 10 heteroatoms. The van der Waals surface area contributed by atoms with Crippen LogP contribution in [0.15, 0.2) is 47.4 Å². The molecule has 2 aromatic carbocycles. The monoisotopic (exact) mass is 408 g/mol. The number of benzene rings is 2. The lowest BCUT2D eigenvalue weighted by Crippen LogP contribution is -2.41. The molecule has 2 rings (SSSR count). The molecule has 150 valence electrons. The molecule has 0 saturated heterocycles. The van der Waals surface area contributed by atoms with E-state index in [4.69, 9.17) is 4.74 Å². The van der Waals surface area contributed by atoms with Crippen LogP contribution >= 0.6 is 0 Å². The number of likely N-dealkylation sites (N-methyl/N-ethyl adjacent to an activating group) is 1. The number of nitrogens with zero attached hydrogens (tertiary/aromatic N) is 1. The van der Waals surface area contributed by atoms with Gasteiger partial charge in [0.1, 0.15) is 6.54 Å². The molecule has 0 aliphatic heterocycles. The maximum absolute atomic E-state index is 12.7. The minimum Gasteiger partial charge on any atom is -0.453 e. The van der Waals surface area contributed by atoms with Crippen molar-refractivity contribution in [1.82, 2.24) is 9.62 Å². The topological polar surface area (TPSA) is 119 Å². The predicted molar refractivity (Wildman–Crippen MR) is 99.9 cm³/mol. The summed E-state index contributed by atoms with van der Waals surface area (Å²) in [6.45, 7) is 0.638. The molecule has 0 bridgehead atoms. The highest BCUT2D eigenvalue weighted by Gasteiger charge is 2.26. The number of nitrogens with one attached hydrogen (secondary N) is 1. The first kappa shape index (κ1) is 21.3. The van der Waals surface area contributed by atoms with Crippen molar-refractivity contribution in [1.29, 1.82) is 0 Å². The van der Waals surface area contributed by atoms with Gasteiger partial charge >= 0.3 is 12.1 Å². The van der Waals surface area contributed by atoms with Crippen LogP contribution in [0.2, 0.25) is 0 Å². The van der Waals surface area contributed by atoms with Crippen LogP contribution in [0.5, 0.6) is 0 Å². The normalized spacial score (nSPS) is 12.4. The number of sulfonamides is 1. The van der Waals surface area contributed by atoms with Gasteiger partial charge in [-0.05, 0) is 29.8 Å². The zero-order valence-electron chi connectivity index (χ0n) is 15.5. The first-order valence-electron chi connectivity index (χ1n) is 8.18. The number of esters is 1. The smallest absolute Gasteiger partial charge is 0.413 e. The maximum atomic E-state index is 12.7. The number of imide groups is 1. The largest absolute Gasteiger partial charge is 0.453 e. The molecule has 9 nitrogen and oxygen atoms in total. The van der Waals surface area contributed by atoms with Gasteiger partial charge in [0.25, 0.3) is 5.91 Å². The van der Waals surface area contributed by atoms with Gasteiger partial charge in [-0.15, -0.1) is 0 Å². The molecule has 0 radical (unpaired) electrons. The highest BCUT2D eigenvalue weighted by molar-refractivity contribution is 7.89. The lowest BCUT2D eigenvalue weighted by molar-refractivity contribution is -0.154.